The van der Waals surface area contributed by atoms with Gasteiger partial charge in [0.1, 0.15) is 6.10 Å². The number of nitrogens with one attached hydrogen (secondary N) is 1. The quantitative estimate of drug-likeness (QED) is 0.718. The normalized spacial score (nSPS) is 16.3. The van der Waals surface area contributed by atoms with Gasteiger partial charge in [-0.3, -0.25) is 4.79 Å². The molecule has 1 saturated heterocycles. The molecule has 2 aromatic rings. The molecular formula is C22H28N2O4S. The molecule has 0 aliphatic carbocycles. The summed E-state index contributed by atoms with van der Waals surface area (Å²) in [5.41, 5.74) is 1.85. The maximum atomic E-state index is 12.7. The highest BCUT2D eigenvalue weighted by atomic mass is 32.2. The zero-order valence-corrected chi connectivity index (χ0v) is 17.5. The Morgan fingerprint density at radius 1 is 1.00 bits per heavy atom. The Hall–Kier alpha value is -2.22. The first-order valence-corrected chi connectivity index (χ1v) is 11.4. The van der Waals surface area contributed by atoms with Crippen LogP contribution < -0.4 is 5.32 Å². The summed E-state index contributed by atoms with van der Waals surface area (Å²) in [6.45, 7) is 3.58. The number of hydrogen-bond acceptors (Lipinski definition) is 4. The van der Waals surface area contributed by atoms with E-state index in [1.165, 1.54) is 0 Å². The van der Waals surface area contributed by atoms with Gasteiger partial charge in [-0.25, -0.2) is 8.42 Å². The Bertz CT molecular complexity index is 892. The van der Waals surface area contributed by atoms with E-state index >= 15 is 0 Å². The summed E-state index contributed by atoms with van der Waals surface area (Å²) in [6, 6.07) is 16.4. The highest BCUT2D eigenvalue weighted by Crippen LogP contribution is 2.20. The van der Waals surface area contributed by atoms with Gasteiger partial charge in [-0.2, -0.15) is 4.31 Å². The van der Waals surface area contributed by atoms with Crippen molar-refractivity contribution in [1.82, 2.24) is 9.62 Å². The third-order valence-corrected chi connectivity index (χ3v) is 6.97. The van der Waals surface area contributed by atoms with Gasteiger partial charge in [0.25, 0.3) is 0 Å². The maximum Gasteiger partial charge on any atom is 0.249 e. The number of ether oxygens (including phenoxy) is 1. The monoisotopic (exact) mass is 416 g/mol. The van der Waals surface area contributed by atoms with Gasteiger partial charge in [-0.15, -0.1) is 0 Å². The molecule has 29 heavy (non-hydrogen) atoms. The van der Waals surface area contributed by atoms with Gasteiger partial charge < -0.3 is 10.1 Å². The molecule has 0 aromatic heterocycles. The zero-order chi connectivity index (χ0) is 20.7. The average Bonchev–Trinajstić information content (AvgIpc) is 2.77. The van der Waals surface area contributed by atoms with Crippen LogP contribution in [0.3, 0.4) is 0 Å². The van der Waals surface area contributed by atoms with Gasteiger partial charge in [0.15, 0.2) is 0 Å². The fourth-order valence-corrected chi connectivity index (χ4v) is 4.75. The molecule has 1 amide bonds. The Morgan fingerprint density at radius 2 is 1.66 bits per heavy atom. The first kappa shape index (κ1) is 21.5. The Kier molecular flexibility index (Phi) is 7.41. The maximum absolute atomic E-state index is 12.7. The fourth-order valence-electron chi connectivity index (χ4n) is 3.24. The van der Waals surface area contributed by atoms with Crippen molar-refractivity contribution in [3.8, 4) is 0 Å². The molecule has 0 radical (unpaired) electrons. The van der Waals surface area contributed by atoms with Gasteiger partial charge >= 0.3 is 0 Å². The van der Waals surface area contributed by atoms with Crippen LogP contribution in [0, 0.1) is 0 Å². The lowest BCUT2D eigenvalue weighted by Gasteiger charge is -2.25. The molecule has 1 atom stereocenters. The Balaban J connectivity index is 1.49. The van der Waals surface area contributed by atoms with E-state index in [9.17, 15) is 13.2 Å². The van der Waals surface area contributed by atoms with Crippen LogP contribution in [0.25, 0.3) is 0 Å². The third kappa shape index (κ3) is 5.88. The lowest BCUT2D eigenvalue weighted by Crippen LogP contribution is -2.35. The van der Waals surface area contributed by atoms with Crippen molar-refractivity contribution in [1.29, 1.82) is 0 Å². The topological polar surface area (TPSA) is 75.7 Å². The number of piperidine rings is 1. The molecule has 0 bridgehead atoms. The van der Waals surface area contributed by atoms with E-state index in [-0.39, 0.29) is 5.91 Å². The molecule has 0 saturated carbocycles. The van der Waals surface area contributed by atoms with Crippen molar-refractivity contribution >= 4 is 15.9 Å². The van der Waals surface area contributed by atoms with Gasteiger partial charge in [-0.05, 0) is 43.0 Å². The summed E-state index contributed by atoms with van der Waals surface area (Å²) in [5, 5.41) is 2.83. The molecule has 1 N–H and O–H groups in total. The third-order valence-electron chi connectivity index (χ3n) is 5.05. The molecule has 3 rings (SSSR count). The molecule has 6 nitrogen and oxygen atoms in total. The first-order valence-electron chi connectivity index (χ1n) is 9.99. The molecule has 2 aromatic carbocycles. The highest BCUT2D eigenvalue weighted by molar-refractivity contribution is 7.89. The van der Waals surface area contributed by atoms with Gasteiger partial charge in [-0.1, -0.05) is 48.9 Å². The van der Waals surface area contributed by atoms with Gasteiger partial charge in [0.2, 0.25) is 15.9 Å². The molecular weight excluding hydrogens is 388 g/mol. The summed E-state index contributed by atoms with van der Waals surface area (Å²) in [6.07, 6.45) is 2.33. The summed E-state index contributed by atoms with van der Waals surface area (Å²) >= 11 is 0. The summed E-state index contributed by atoms with van der Waals surface area (Å²) in [4.78, 5) is 12.5. The number of hydrogen-bond donors (Lipinski definition) is 1. The van der Waals surface area contributed by atoms with Crippen LogP contribution in [0.15, 0.2) is 59.5 Å². The zero-order valence-electron chi connectivity index (χ0n) is 16.7. The van der Waals surface area contributed by atoms with Crippen LogP contribution in [0.4, 0.5) is 0 Å². The summed E-state index contributed by atoms with van der Waals surface area (Å²) in [7, 11) is -3.43. The number of amides is 1. The molecule has 1 aliphatic heterocycles. The first-order chi connectivity index (χ1) is 14.0. The molecule has 156 valence electrons. The van der Waals surface area contributed by atoms with E-state index < -0.39 is 16.1 Å². The Morgan fingerprint density at radius 3 is 2.31 bits per heavy atom. The number of sulfonamides is 1. The molecule has 1 fully saturated rings. The fraction of sp³-hybridized carbons (Fsp3) is 0.409. The van der Waals surface area contributed by atoms with Gasteiger partial charge in [0.05, 0.1) is 11.5 Å². The van der Waals surface area contributed by atoms with E-state index in [2.05, 4.69) is 5.32 Å². The lowest BCUT2D eigenvalue weighted by molar-refractivity contribution is -0.132. The largest absolute Gasteiger partial charge is 0.364 e. The average molecular weight is 417 g/mol. The number of benzene rings is 2. The smallest absolute Gasteiger partial charge is 0.249 e. The van der Waals surface area contributed by atoms with Crippen LogP contribution in [0.2, 0.25) is 0 Å². The highest BCUT2D eigenvalue weighted by Gasteiger charge is 2.25. The Labute approximate surface area is 172 Å². The summed E-state index contributed by atoms with van der Waals surface area (Å²) in [5.74, 6) is -0.203. The van der Waals surface area contributed by atoms with Crippen LogP contribution in [-0.4, -0.2) is 37.8 Å². The lowest BCUT2D eigenvalue weighted by atomic mass is 10.2. The second-order valence-electron chi connectivity index (χ2n) is 7.27. The molecule has 1 unspecified atom stereocenters. The van der Waals surface area contributed by atoms with E-state index in [4.69, 9.17) is 4.74 Å². The van der Waals surface area contributed by atoms with Crippen LogP contribution in [-0.2, 0) is 32.7 Å². The van der Waals surface area contributed by atoms with Crippen molar-refractivity contribution in [3.63, 3.8) is 0 Å². The van der Waals surface area contributed by atoms with Crippen molar-refractivity contribution in [2.24, 2.45) is 0 Å². The second kappa shape index (κ2) is 10.0. The van der Waals surface area contributed by atoms with E-state index in [0.717, 1.165) is 30.4 Å². The minimum atomic E-state index is -3.43. The number of rotatable bonds is 8. The standard InChI is InChI=1S/C22H28N2O4S/c1-18(28-17-20-8-4-2-5-9-20)22(25)23-16-19-10-12-21(13-11-19)29(26,27)24-14-6-3-7-15-24/h2,4-5,8-13,18H,3,6-7,14-17H2,1H3,(H,23,25). The van der Waals surface area contributed by atoms with Crippen molar-refractivity contribution in [3.05, 3.63) is 65.7 Å². The van der Waals surface area contributed by atoms with Gasteiger partial charge in [0, 0.05) is 19.6 Å². The summed E-state index contributed by atoms with van der Waals surface area (Å²) < 4.78 is 32.5. The van der Waals surface area contributed by atoms with Crippen LogP contribution in [0.5, 0.6) is 0 Å². The van der Waals surface area contributed by atoms with Crippen LogP contribution in [0.1, 0.15) is 37.3 Å². The second-order valence-corrected chi connectivity index (χ2v) is 9.20. The molecule has 1 aliphatic rings. The molecule has 1 heterocycles. The number of nitrogens with zero attached hydrogens (tertiary/aromatic N) is 1. The molecule has 0 spiro atoms. The number of carbonyl (C=O) groups is 1. The number of carbonyl (C=O) groups excluding carboxylic acids is 1. The van der Waals surface area contributed by atoms with E-state index in [1.807, 2.05) is 30.3 Å². The van der Waals surface area contributed by atoms with E-state index in [1.54, 1.807) is 35.5 Å². The predicted molar refractivity (Wildman–Crippen MR) is 112 cm³/mol. The SMILES string of the molecule is CC(OCc1ccccc1)C(=O)NCc1ccc(S(=O)(=O)N2CCCCC2)cc1. The van der Waals surface area contributed by atoms with E-state index in [0.29, 0.717) is 31.1 Å². The molecule has 7 heteroatoms. The van der Waals surface area contributed by atoms with Crippen molar-refractivity contribution < 1.29 is 17.9 Å². The minimum absolute atomic E-state index is 0.203. The van der Waals surface area contributed by atoms with Crippen LogP contribution >= 0.6 is 0 Å². The van der Waals surface area contributed by atoms with Crippen molar-refractivity contribution in [2.75, 3.05) is 13.1 Å². The van der Waals surface area contributed by atoms with Crippen molar-refractivity contribution in [2.45, 2.75) is 50.3 Å². The predicted octanol–water partition coefficient (Wildman–Crippen LogP) is 3.08. The minimum Gasteiger partial charge on any atom is -0.364 e.